The zero-order chi connectivity index (χ0) is 34.1. The Bertz CT molecular complexity index is 796. The number of phosphoric ester groups is 1. The average molecular weight is 675 g/mol. The number of carbonyl (C=O) groups is 1. The van der Waals surface area contributed by atoms with Gasteiger partial charge in [0.1, 0.15) is 0 Å². The molecule has 0 rings (SSSR count). The third kappa shape index (κ3) is 30.3. The molecule has 4 unspecified atom stereocenters. The number of nitrogens with one attached hydrogen (secondary N) is 1. The second-order valence-electron chi connectivity index (χ2n) is 12.6. The van der Waals surface area contributed by atoms with Gasteiger partial charge in [0.15, 0.2) is 0 Å². The minimum absolute atomic E-state index is 0.0478. The number of hydrogen-bond acceptors (Lipinski definition) is 7. The van der Waals surface area contributed by atoms with Gasteiger partial charge in [-0.15, -0.1) is 0 Å². The zero-order valence-electron chi connectivity index (χ0n) is 29.4. The molecule has 0 fully saturated rings. The first-order valence-electron chi connectivity index (χ1n) is 18.5. The van der Waals surface area contributed by atoms with Crippen LogP contribution in [0.1, 0.15) is 162 Å². The molecule has 0 aromatic heterocycles. The summed E-state index contributed by atoms with van der Waals surface area (Å²) in [5.74, 6) is -0.458. The molecule has 0 spiro atoms. The lowest BCUT2D eigenvalue weighted by atomic mass is 10.0. The first-order chi connectivity index (χ1) is 22.3. The van der Waals surface area contributed by atoms with Crippen molar-refractivity contribution in [3.63, 3.8) is 0 Å². The van der Waals surface area contributed by atoms with Crippen molar-refractivity contribution in [1.82, 2.24) is 5.32 Å². The van der Waals surface area contributed by atoms with Crippen LogP contribution in [-0.4, -0.2) is 59.0 Å². The molecular formula is C36H71N2O7P. The Morgan fingerprint density at radius 2 is 1.22 bits per heavy atom. The molecule has 0 aromatic carbocycles. The number of unbranched alkanes of at least 4 members (excludes halogenated alkanes) is 18. The summed E-state index contributed by atoms with van der Waals surface area (Å²) >= 11 is 0. The van der Waals surface area contributed by atoms with Gasteiger partial charge in [-0.3, -0.25) is 13.8 Å². The third-order valence-electron chi connectivity index (χ3n) is 8.08. The smallest absolute Gasteiger partial charge is 0.393 e. The SMILES string of the molecule is CCCCC/C=C\CCCCCC(O)CC(=O)NC(COP(=O)(O)OCCN)C(O)/C=C/CCCCCCCCCCCCCC. The maximum atomic E-state index is 12.7. The van der Waals surface area contributed by atoms with E-state index in [0.29, 0.717) is 6.42 Å². The molecule has 0 bridgehead atoms. The number of amides is 1. The molecule has 0 aromatic rings. The van der Waals surface area contributed by atoms with Gasteiger partial charge in [0.25, 0.3) is 0 Å². The van der Waals surface area contributed by atoms with Crippen molar-refractivity contribution < 1.29 is 33.5 Å². The Labute approximate surface area is 281 Å². The van der Waals surface area contributed by atoms with Gasteiger partial charge in [-0.25, -0.2) is 4.57 Å². The zero-order valence-corrected chi connectivity index (χ0v) is 30.3. The summed E-state index contributed by atoms with van der Waals surface area (Å²) < 4.78 is 21.9. The van der Waals surface area contributed by atoms with Crippen molar-refractivity contribution in [3.05, 3.63) is 24.3 Å². The molecule has 46 heavy (non-hydrogen) atoms. The maximum Gasteiger partial charge on any atom is 0.472 e. The molecule has 272 valence electrons. The number of hydrogen-bond donors (Lipinski definition) is 5. The Morgan fingerprint density at radius 3 is 1.78 bits per heavy atom. The molecule has 0 aliphatic rings. The maximum absolute atomic E-state index is 12.7. The highest BCUT2D eigenvalue weighted by atomic mass is 31.2. The van der Waals surface area contributed by atoms with Crippen molar-refractivity contribution in [2.75, 3.05) is 19.8 Å². The van der Waals surface area contributed by atoms with E-state index in [1.165, 1.54) is 83.5 Å². The van der Waals surface area contributed by atoms with E-state index in [9.17, 15) is 24.5 Å². The number of rotatable bonds is 34. The Balaban J connectivity index is 4.49. The molecule has 6 N–H and O–H groups in total. The molecule has 1 amide bonds. The fraction of sp³-hybridized carbons (Fsp3) is 0.861. The highest BCUT2D eigenvalue weighted by Crippen LogP contribution is 2.43. The second-order valence-corrected chi connectivity index (χ2v) is 14.1. The van der Waals surface area contributed by atoms with Crippen LogP contribution in [-0.2, 0) is 18.4 Å². The van der Waals surface area contributed by atoms with Gasteiger partial charge in [0, 0.05) is 6.54 Å². The molecular weight excluding hydrogens is 603 g/mol. The van der Waals surface area contributed by atoms with Crippen molar-refractivity contribution in [3.8, 4) is 0 Å². The van der Waals surface area contributed by atoms with Crippen LogP contribution >= 0.6 is 7.82 Å². The summed E-state index contributed by atoms with van der Waals surface area (Å²) in [7, 11) is -4.39. The van der Waals surface area contributed by atoms with E-state index < -0.39 is 38.6 Å². The van der Waals surface area contributed by atoms with Gasteiger partial charge < -0.3 is 26.2 Å². The topological polar surface area (TPSA) is 151 Å². The van der Waals surface area contributed by atoms with Crippen molar-refractivity contribution >= 4 is 13.7 Å². The number of allylic oxidation sites excluding steroid dienone is 3. The van der Waals surface area contributed by atoms with Crippen LogP contribution in [0, 0.1) is 0 Å². The molecule has 0 saturated carbocycles. The summed E-state index contributed by atoms with van der Waals surface area (Å²) in [5, 5.41) is 23.8. The molecule has 10 heteroatoms. The van der Waals surface area contributed by atoms with Crippen molar-refractivity contribution in [2.24, 2.45) is 5.73 Å². The molecule has 0 radical (unpaired) electrons. The predicted molar refractivity (Wildman–Crippen MR) is 191 cm³/mol. The van der Waals surface area contributed by atoms with Gasteiger partial charge in [0.2, 0.25) is 5.91 Å². The molecule has 0 aliphatic carbocycles. The van der Waals surface area contributed by atoms with E-state index in [1.807, 2.05) is 6.08 Å². The summed E-state index contributed by atoms with van der Waals surface area (Å²) in [6.45, 7) is 3.90. The van der Waals surface area contributed by atoms with E-state index in [4.69, 9.17) is 14.8 Å². The number of carbonyl (C=O) groups excluding carboxylic acids is 1. The van der Waals surface area contributed by atoms with Crippen molar-refractivity contribution in [2.45, 2.75) is 180 Å². The van der Waals surface area contributed by atoms with Crippen molar-refractivity contribution in [1.29, 1.82) is 0 Å². The number of aliphatic hydroxyl groups excluding tert-OH is 2. The lowest BCUT2D eigenvalue weighted by Crippen LogP contribution is -2.46. The van der Waals surface area contributed by atoms with Crippen LogP contribution in [0.15, 0.2) is 24.3 Å². The summed E-state index contributed by atoms with van der Waals surface area (Å²) in [6.07, 6.45) is 31.2. The fourth-order valence-corrected chi connectivity index (χ4v) is 5.99. The average Bonchev–Trinajstić information content (AvgIpc) is 3.03. The quantitative estimate of drug-likeness (QED) is 0.0259. The Kier molecular flexibility index (Phi) is 31.7. The van der Waals surface area contributed by atoms with Crippen LogP contribution in [0.2, 0.25) is 0 Å². The minimum atomic E-state index is -4.39. The molecule has 9 nitrogen and oxygen atoms in total. The lowest BCUT2D eigenvalue weighted by Gasteiger charge is -2.24. The van der Waals surface area contributed by atoms with Crippen LogP contribution < -0.4 is 11.1 Å². The van der Waals surface area contributed by atoms with Crippen LogP contribution in [0.3, 0.4) is 0 Å². The van der Waals surface area contributed by atoms with E-state index >= 15 is 0 Å². The predicted octanol–water partition coefficient (Wildman–Crippen LogP) is 8.41. The Hall–Kier alpha value is -1.06. The largest absolute Gasteiger partial charge is 0.472 e. The van der Waals surface area contributed by atoms with Gasteiger partial charge in [-0.2, -0.15) is 0 Å². The molecule has 0 heterocycles. The van der Waals surface area contributed by atoms with Gasteiger partial charge >= 0.3 is 7.82 Å². The first-order valence-corrected chi connectivity index (χ1v) is 20.0. The summed E-state index contributed by atoms with van der Waals surface area (Å²) in [6, 6.07) is -0.982. The number of aliphatic hydroxyl groups is 2. The third-order valence-corrected chi connectivity index (χ3v) is 9.06. The molecule has 4 atom stereocenters. The minimum Gasteiger partial charge on any atom is -0.393 e. The van der Waals surface area contributed by atoms with E-state index in [0.717, 1.165) is 51.4 Å². The Morgan fingerprint density at radius 1 is 0.739 bits per heavy atom. The number of nitrogens with two attached hydrogens (primary N) is 1. The van der Waals surface area contributed by atoms with E-state index in [2.05, 4.69) is 31.3 Å². The molecule has 0 aliphatic heterocycles. The normalized spacial score (nSPS) is 15.3. The number of phosphoric acid groups is 1. The molecule has 0 saturated heterocycles. The summed E-state index contributed by atoms with van der Waals surface area (Å²) in [5.41, 5.74) is 5.34. The van der Waals surface area contributed by atoms with E-state index in [1.54, 1.807) is 6.08 Å². The van der Waals surface area contributed by atoms with Gasteiger partial charge in [0.05, 0.1) is 37.9 Å². The van der Waals surface area contributed by atoms with Crippen LogP contribution in [0.25, 0.3) is 0 Å². The highest BCUT2D eigenvalue weighted by Gasteiger charge is 2.27. The second kappa shape index (κ2) is 32.5. The lowest BCUT2D eigenvalue weighted by molar-refractivity contribution is -0.124. The van der Waals surface area contributed by atoms with Gasteiger partial charge in [-0.1, -0.05) is 134 Å². The fourth-order valence-electron chi connectivity index (χ4n) is 5.23. The van der Waals surface area contributed by atoms with Gasteiger partial charge in [-0.05, 0) is 44.9 Å². The van der Waals surface area contributed by atoms with Crippen LogP contribution in [0.5, 0.6) is 0 Å². The standard InChI is InChI=1S/C36H71N2O7P/c1-3-5-7-9-11-13-15-16-17-18-20-22-24-26-28-35(40)34(32-45-46(42,43)44-30-29-37)38-36(41)31-33(39)27-25-23-21-19-14-12-10-8-6-4-2/h12,14,26,28,33-35,39-40H,3-11,13,15-25,27,29-32,37H2,1-2H3,(H,38,41)(H,42,43)/b14-12-,28-26+. The summed E-state index contributed by atoms with van der Waals surface area (Å²) in [4.78, 5) is 22.6. The monoisotopic (exact) mass is 674 g/mol. The van der Waals surface area contributed by atoms with E-state index in [-0.39, 0.29) is 19.6 Å². The first kappa shape index (κ1) is 44.9. The van der Waals surface area contributed by atoms with Crippen LogP contribution in [0.4, 0.5) is 0 Å². The highest BCUT2D eigenvalue weighted by molar-refractivity contribution is 7.47.